The zero-order valence-corrected chi connectivity index (χ0v) is 12.7. The van der Waals surface area contributed by atoms with Gasteiger partial charge in [-0.2, -0.15) is 4.31 Å². The van der Waals surface area contributed by atoms with Gasteiger partial charge in [0.05, 0.1) is 19.0 Å². The van der Waals surface area contributed by atoms with Crippen molar-refractivity contribution in [1.29, 1.82) is 0 Å². The predicted octanol–water partition coefficient (Wildman–Crippen LogP) is 0.958. The van der Waals surface area contributed by atoms with Crippen LogP contribution in [0.2, 0.25) is 0 Å². The van der Waals surface area contributed by atoms with Crippen molar-refractivity contribution in [1.82, 2.24) is 9.62 Å². The number of hydrogen-bond donors (Lipinski definition) is 1. The molecule has 5 nitrogen and oxygen atoms in total. The molecule has 1 fully saturated rings. The number of morpholine rings is 1. The largest absolute Gasteiger partial charge is 0.379 e. The Morgan fingerprint density at radius 2 is 1.75 bits per heavy atom. The van der Waals surface area contributed by atoms with Gasteiger partial charge in [-0.25, -0.2) is 8.42 Å². The van der Waals surface area contributed by atoms with Crippen molar-refractivity contribution >= 4 is 10.0 Å². The lowest BCUT2D eigenvalue weighted by molar-refractivity contribution is 0.0729. The lowest BCUT2D eigenvalue weighted by Gasteiger charge is -2.26. The first-order valence-corrected chi connectivity index (χ1v) is 8.57. The maximum absolute atomic E-state index is 12.3. The summed E-state index contributed by atoms with van der Waals surface area (Å²) < 4.78 is 31.2. The highest BCUT2D eigenvalue weighted by molar-refractivity contribution is 7.88. The fourth-order valence-corrected chi connectivity index (χ4v) is 3.65. The molecule has 1 N–H and O–H groups in total. The number of nitrogens with one attached hydrogen (secondary N) is 1. The van der Waals surface area contributed by atoms with E-state index in [0.717, 1.165) is 18.7 Å². The molecule has 0 amide bonds. The van der Waals surface area contributed by atoms with Crippen LogP contribution in [0.25, 0.3) is 0 Å². The molecular weight excluding hydrogens is 276 g/mol. The smallest absolute Gasteiger partial charge is 0.218 e. The van der Waals surface area contributed by atoms with E-state index in [1.165, 1.54) is 9.87 Å². The minimum atomic E-state index is -3.23. The maximum Gasteiger partial charge on any atom is 0.218 e. The van der Waals surface area contributed by atoms with E-state index in [-0.39, 0.29) is 5.75 Å². The van der Waals surface area contributed by atoms with Crippen LogP contribution < -0.4 is 5.32 Å². The van der Waals surface area contributed by atoms with Crippen LogP contribution in [0.3, 0.4) is 0 Å². The Hall–Kier alpha value is -0.950. The van der Waals surface area contributed by atoms with Gasteiger partial charge in [0.15, 0.2) is 0 Å². The molecule has 0 radical (unpaired) electrons. The fraction of sp³-hybridized carbons (Fsp3) is 0.571. The molecule has 0 spiro atoms. The summed E-state index contributed by atoms with van der Waals surface area (Å²) in [5.74, 6) is 0.0640. The second kappa shape index (κ2) is 7.17. The predicted molar refractivity (Wildman–Crippen MR) is 78.8 cm³/mol. The van der Waals surface area contributed by atoms with Crippen LogP contribution in [-0.4, -0.2) is 45.6 Å². The maximum atomic E-state index is 12.3. The van der Waals surface area contributed by atoms with E-state index in [9.17, 15) is 8.42 Å². The average Bonchev–Trinajstić information content (AvgIpc) is 2.47. The standard InChI is InChI=1S/C14H22N2O3S/c1-2-15-11-13-3-5-14(6-4-13)12-20(17,18)16-7-9-19-10-8-16/h3-6,15H,2,7-12H2,1H3. The first-order chi connectivity index (χ1) is 9.62. The Labute approximate surface area is 121 Å². The first-order valence-electron chi connectivity index (χ1n) is 6.96. The minimum Gasteiger partial charge on any atom is -0.379 e. The van der Waals surface area contributed by atoms with Gasteiger partial charge in [0, 0.05) is 19.6 Å². The number of nitrogens with zero attached hydrogens (tertiary/aromatic N) is 1. The Morgan fingerprint density at radius 3 is 2.35 bits per heavy atom. The lowest BCUT2D eigenvalue weighted by Crippen LogP contribution is -2.41. The van der Waals surface area contributed by atoms with Crippen LogP contribution in [0.1, 0.15) is 18.1 Å². The number of hydrogen-bond acceptors (Lipinski definition) is 4. The highest BCUT2D eigenvalue weighted by atomic mass is 32.2. The summed E-state index contributed by atoms with van der Waals surface area (Å²) in [6.45, 7) is 5.69. The van der Waals surface area contributed by atoms with Crippen LogP contribution >= 0.6 is 0 Å². The zero-order valence-electron chi connectivity index (χ0n) is 11.8. The van der Waals surface area contributed by atoms with E-state index in [4.69, 9.17) is 4.74 Å². The SMILES string of the molecule is CCNCc1ccc(CS(=O)(=O)N2CCOCC2)cc1. The molecule has 1 aliphatic rings. The Kier molecular flexibility index (Phi) is 5.54. The van der Waals surface area contributed by atoms with E-state index in [1.807, 2.05) is 24.3 Å². The van der Waals surface area contributed by atoms with Crippen molar-refractivity contribution in [3.8, 4) is 0 Å². The van der Waals surface area contributed by atoms with Gasteiger partial charge in [-0.1, -0.05) is 31.2 Å². The first kappa shape index (κ1) is 15.4. The van der Waals surface area contributed by atoms with Crippen LogP contribution in [0, 0.1) is 0 Å². The third-order valence-corrected chi connectivity index (χ3v) is 5.16. The van der Waals surface area contributed by atoms with E-state index in [2.05, 4.69) is 12.2 Å². The monoisotopic (exact) mass is 298 g/mol. The summed E-state index contributed by atoms with van der Waals surface area (Å²) in [4.78, 5) is 0. The van der Waals surface area contributed by atoms with E-state index >= 15 is 0 Å². The molecule has 1 aromatic carbocycles. The lowest BCUT2D eigenvalue weighted by atomic mass is 10.1. The van der Waals surface area contributed by atoms with Crippen molar-refractivity contribution in [2.45, 2.75) is 19.2 Å². The molecule has 0 atom stereocenters. The molecule has 0 saturated carbocycles. The molecule has 0 unspecified atom stereocenters. The summed E-state index contributed by atoms with van der Waals surface area (Å²) in [7, 11) is -3.23. The molecule has 112 valence electrons. The third kappa shape index (κ3) is 4.28. The Balaban J connectivity index is 1.98. The zero-order chi connectivity index (χ0) is 14.4. The van der Waals surface area contributed by atoms with Crippen molar-refractivity contribution in [3.05, 3.63) is 35.4 Å². The summed E-state index contributed by atoms with van der Waals surface area (Å²) in [6, 6.07) is 7.75. The van der Waals surface area contributed by atoms with Gasteiger partial charge < -0.3 is 10.1 Å². The van der Waals surface area contributed by atoms with Crippen LogP contribution in [0.5, 0.6) is 0 Å². The molecule has 0 aliphatic carbocycles. The van der Waals surface area contributed by atoms with Crippen molar-refractivity contribution < 1.29 is 13.2 Å². The van der Waals surface area contributed by atoms with Gasteiger partial charge in [-0.05, 0) is 17.7 Å². The number of sulfonamides is 1. The minimum absolute atomic E-state index is 0.0640. The summed E-state index contributed by atoms with van der Waals surface area (Å²) in [5, 5.41) is 3.24. The fourth-order valence-electron chi connectivity index (χ4n) is 2.15. The normalized spacial score (nSPS) is 17.2. The van der Waals surface area contributed by atoms with Crippen molar-refractivity contribution in [2.75, 3.05) is 32.8 Å². The molecule has 2 rings (SSSR count). The van der Waals surface area contributed by atoms with Gasteiger partial charge >= 0.3 is 0 Å². The molecule has 20 heavy (non-hydrogen) atoms. The van der Waals surface area contributed by atoms with Gasteiger partial charge in [-0.3, -0.25) is 0 Å². The van der Waals surface area contributed by atoms with Crippen LogP contribution in [0.4, 0.5) is 0 Å². The second-order valence-corrected chi connectivity index (χ2v) is 6.83. The van der Waals surface area contributed by atoms with Gasteiger partial charge in [-0.15, -0.1) is 0 Å². The van der Waals surface area contributed by atoms with Crippen LogP contribution in [0.15, 0.2) is 24.3 Å². The number of rotatable bonds is 6. The third-order valence-electron chi connectivity index (χ3n) is 3.31. The van der Waals surface area contributed by atoms with E-state index in [1.54, 1.807) is 0 Å². The molecule has 6 heteroatoms. The Bertz CT molecular complexity index is 508. The summed E-state index contributed by atoms with van der Waals surface area (Å²) >= 11 is 0. The summed E-state index contributed by atoms with van der Waals surface area (Å²) in [6.07, 6.45) is 0. The molecule has 1 heterocycles. The number of benzene rings is 1. The molecule has 0 bridgehead atoms. The highest BCUT2D eigenvalue weighted by Crippen LogP contribution is 2.13. The molecule has 0 aromatic heterocycles. The molecular formula is C14H22N2O3S. The van der Waals surface area contributed by atoms with E-state index < -0.39 is 10.0 Å². The summed E-state index contributed by atoms with van der Waals surface area (Å²) in [5.41, 5.74) is 2.00. The quantitative estimate of drug-likeness (QED) is 0.850. The number of ether oxygens (including phenoxy) is 1. The Morgan fingerprint density at radius 1 is 1.15 bits per heavy atom. The topological polar surface area (TPSA) is 58.6 Å². The molecule has 1 aliphatic heterocycles. The van der Waals surface area contributed by atoms with Crippen molar-refractivity contribution in [2.24, 2.45) is 0 Å². The van der Waals surface area contributed by atoms with Gasteiger partial charge in [0.2, 0.25) is 10.0 Å². The molecule has 1 saturated heterocycles. The van der Waals surface area contributed by atoms with Gasteiger partial charge in [0.1, 0.15) is 0 Å². The highest BCUT2D eigenvalue weighted by Gasteiger charge is 2.24. The van der Waals surface area contributed by atoms with Crippen LogP contribution in [-0.2, 0) is 27.1 Å². The molecule has 1 aromatic rings. The van der Waals surface area contributed by atoms with Crippen molar-refractivity contribution in [3.63, 3.8) is 0 Å². The van der Waals surface area contributed by atoms with Gasteiger partial charge in [0.25, 0.3) is 0 Å². The average molecular weight is 298 g/mol. The second-order valence-electron chi connectivity index (χ2n) is 4.86. The van der Waals surface area contributed by atoms with E-state index in [0.29, 0.717) is 26.3 Å².